The van der Waals surface area contributed by atoms with Crippen LogP contribution in [0.5, 0.6) is 5.75 Å². The summed E-state index contributed by atoms with van der Waals surface area (Å²) in [6.07, 6.45) is 2.22. The minimum atomic E-state index is -0.839. The molecule has 6 atom stereocenters. The van der Waals surface area contributed by atoms with Crippen LogP contribution in [0.1, 0.15) is 35.4 Å². The SMILES string of the molecule is Cc1cc([C@H]2C3=CC[C@@H]4C(=O)N(O)C(=O)[C@@H]4[C@@H]3C[C@H]3C(=O)N(O)C(=O)[C@@H]23)cc(C)c1O. The van der Waals surface area contributed by atoms with Gasteiger partial charge in [-0.05, 0) is 49.3 Å². The molecule has 1 saturated carbocycles. The molecule has 0 aromatic heterocycles. The van der Waals surface area contributed by atoms with Gasteiger partial charge in [0.2, 0.25) is 0 Å². The average molecular weight is 426 g/mol. The lowest BCUT2D eigenvalue weighted by Crippen LogP contribution is -2.43. The number of carbonyl (C=O) groups is 4. The number of aryl methyl sites for hydroxylation is 2. The molecule has 3 fully saturated rings. The number of hydrogen-bond donors (Lipinski definition) is 3. The summed E-state index contributed by atoms with van der Waals surface area (Å²) < 4.78 is 0. The maximum Gasteiger partial charge on any atom is 0.258 e. The van der Waals surface area contributed by atoms with Crippen LogP contribution in [0.4, 0.5) is 0 Å². The van der Waals surface area contributed by atoms with Gasteiger partial charge < -0.3 is 5.11 Å². The molecule has 9 heteroatoms. The summed E-state index contributed by atoms with van der Waals surface area (Å²) in [5, 5.41) is 30.5. The van der Waals surface area contributed by atoms with Crippen LogP contribution in [0, 0.1) is 43.4 Å². The molecule has 1 aromatic carbocycles. The molecular weight excluding hydrogens is 404 g/mol. The molecule has 31 heavy (non-hydrogen) atoms. The molecule has 2 aliphatic carbocycles. The minimum absolute atomic E-state index is 0.135. The number of amides is 4. The van der Waals surface area contributed by atoms with E-state index >= 15 is 0 Å². The topological polar surface area (TPSA) is 135 Å². The number of benzene rings is 1. The lowest BCUT2D eigenvalue weighted by molar-refractivity contribution is -0.174. The van der Waals surface area contributed by atoms with Crippen LogP contribution in [0.3, 0.4) is 0 Å². The van der Waals surface area contributed by atoms with E-state index in [-0.39, 0.29) is 28.7 Å². The number of aromatic hydroxyl groups is 1. The number of phenolic OH excluding ortho intramolecular Hbond substituents is 1. The van der Waals surface area contributed by atoms with Gasteiger partial charge in [-0.3, -0.25) is 29.6 Å². The van der Waals surface area contributed by atoms with E-state index < -0.39 is 59.1 Å². The van der Waals surface area contributed by atoms with E-state index in [1.54, 1.807) is 26.0 Å². The van der Waals surface area contributed by atoms with E-state index in [9.17, 15) is 34.7 Å². The molecule has 2 aliphatic heterocycles. The van der Waals surface area contributed by atoms with Crippen molar-refractivity contribution in [3.8, 4) is 5.75 Å². The van der Waals surface area contributed by atoms with Crippen molar-refractivity contribution in [3.63, 3.8) is 0 Å². The van der Waals surface area contributed by atoms with E-state index in [0.717, 1.165) is 5.57 Å². The third-order valence-electron chi connectivity index (χ3n) is 7.47. The van der Waals surface area contributed by atoms with Crippen molar-refractivity contribution in [1.82, 2.24) is 10.1 Å². The van der Waals surface area contributed by atoms with E-state index in [2.05, 4.69) is 0 Å². The number of imide groups is 2. The summed E-state index contributed by atoms with van der Waals surface area (Å²) in [4.78, 5) is 50.5. The molecule has 0 radical (unpaired) electrons. The van der Waals surface area contributed by atoms with Gasteiger partial charge in [0.25, 0.3) is 23.6 Å². The third-order valence-corrected chi connectivity index (χ3v) is 7.47. The number of phenols is 1. The molecule has 0 bridgehead atoms. The zero-order valence-electron chi connectivity index (χ0n) is 17.0. The molecule has 4 aliphatic rings. The third kappa shape index (κ3) is 2.50. The first-order valence-electron chi connectivity index (χ1n) is 10.3. The number of carbonyl (C=O) groups excluding carboxylic acids is 4. The van der Waals surface area contributed by atoms with Gasteiger partial charge in [-0.25, -0.2) is 0 Å². The van der Waals surface area contributed by atoms with Crippen molar-refractivity contribution < 1.29 is 34.7 Å². The Balaban J connectivity index is 1.69. The van der Waals surface area contributed by atoms with Gasteiger partial charge in [-0.15, -0.1) is 0 Å². The quantitative estimate of drug-likeness (QED) is 0.351. The molecule has 162 valence electrons. The highest BCUT2D eigenvalue weighted by Gasteiger charge is 2.62. The van der Waals surface area contributed by atoms with Crippen LogP contribution in [0.2, 0.25) is 0 Å². The predicted octanol–water partition coefficient (Wildman–Crippen LogP) is 1.42. The zero-order chi connectivity index (χ0) is 22.4. The highest BCUT2D eigenvalue weighted by Crippen LogP contribution is 2.57. The molecule has 0 unspecified atom stereocenters. The summed E-state index contributed by atoms with van der Waals surface area (Å²) in [6, 6.07) is 3.49. The van der Waals surface area contributed by atoms with Crippen molar-refractivity contribution in [1.29, 1.82) is 0 Å². The fourth-order valence-corrected chi connectivity index (χ4v) is 6.10. The van der Waals surface area contributed by atoms with Crippen LogP contribution in [0.15, 0.2) is 23.8 Å². The summed E-state index contributed by atoms with van der Waals surface area (Å²) in [5.41, 5.74) is 2.68. The molecule has 0 spiro atoms. The van der Waals surface area contributed by atoms with E-state index in [4.69, 9.17) is 0 Å². The van der Waals surface area contributed by atoms with Gasteiger partial charge in [0.1, 0.15) is 5.75 Å². The Kier molecular flexibility index (Phi) is 4.16. The summed E-state index contributed by atoms with van der Waals surface area (Å²) in [7, 11) is 0. The second-order valence-electron chi connectivity index (χ2n) is 9.00. The molecule has 2 heterocycles. The molecule has 9 nitrogen and oxygen atoms in total. The molecule has 4 amide bonds. The number of nitrogens with zero attached hydrogens (tertiary/aromatic N) is 2. The van der Waals surface area contributed by atoms with Crippen molar-refractivity contribution >= 4 is 23.6 Å². The van der Waals surface area contributed by atoms with Crippen LogP contribution in [-0.4, -0.2) is 49.3 Å². The number of allylic oxidation sites excluding steroid dienone is 2. The number of rotatable bonds is 1. The number of hydroxylamine groups is 4. The first-order valence-corrected chi connectivity index (χ1v) is 10.3. The number of hydrogen-bond acceptors (Lipinski definition) is 7. The van der Waals surface area contributed by atoms with E-state index in [0.29, 0.717) is 16.7 Å². The predicted molar refractivity (Wildman–Crippen MR) is 102 cm³/mol. The lowest BCUT2D eigenvalue weighted by atomic mass is 9.57. The van der Waals surface area contributed by atoms with Crippen molar-refractivity contribution in [2.45, 2.75) is 32.6 Å². The summed E-state index contributed by atoms with van der Waals surface area (Å²) in [6.45, 7) is 3.47. The Morgan fingerprint density at radius 1 is 0.806 bits per heavy atom. The Hall–Kier alpha value is -3.04. The minimum Gasteiger partial charge on any atom is -0.507 e. The standard InChI is InChI=1S/C22H22N2O7/c1-8-5-10(6-9(2)18(8)25)15-11-3-4-12-16(21(28)23(30)19(12)26)13(11)7-14-17(15)22(29)24(31)20(14)27/h3,5-6,12-17,25,30-31H,4,7H2,1-2H3/t12-,13+,14+,15-,16-,17+/m0/s1. The largest absolute Gasteiger partial charge is 0.507 e. The Labute approximate surface area is 177 Å². The average Bonchev–Trinajstić information content (AvgIpc) is 3.10. The molecular formula is C22H22N2O7. The van der Waals surface area contributed by atoms with Gasteiger partial charge in [0.05, 0.1) is 23.7 Å². The van der Waals surface area contributed by atoms with E-state index in [1.165, 1.54) is 0 Å². The Morgan fingerprint density at radius 2 is 1.35 bits per heavy atom. The van der Waals surface area contributed by atoms with Gasteiger partial charge in [-0.2, -0.15) is 10.1 Å². The second-order valence-corrected chi connectivity index (χ2v) is 9.00. The Morgan fingerprint density at radius 3 is 1.97 bits per heavy atom. The summed E-state index contributed by atoms with van der Waals surface area (Å²) in [5.74, 6) is -6.92. The fourth-order valence-electron chi connectivity index (χ4n) is 6.10. The highest BCUT2D eigenvalue weighted by atomic mass is 16.5. The van der Waals surface area contributed by atoms with Gasteiger partial charge in [0.15, 0.2) is 0 Å². The second kappa shape index (κ2) is 6.48. The van der Waals surface area contributed by atoms with Gasteiger partial charge in [0, 0.05) is 5.92 Å². The Bertz CT molecular complexity index is 1070. The molecule has 2 saturated heterocycles. The maximum absolute atomic E-state index is 12.9. The van der Waals surface area contributed by atoms with Crippen molar-refractivity contribution in [3.05, 3.63) is 40.5 Å². The molecule has 1 aromatic rings. The summed E-state index contributed by atoms with van der Waals surface area (Å²) >= 11 is 0. The zero-order valence-corrected chi connectivity index (χ0v) is 17.0. The lowest BCUT2D eigenvalue weighted by Gasteiger charge is -2.44. The van der Waals surface area contributed by atoms with Crippen LogP contribution in [0.25, 0.3) is 0 Å². The fraction of sp³-hybridized carbons (Fsp3) is 0.455. The van der Waals surface area contributed by atoms with Crippen molar-refractivity contribution in [2.75, 3.05) is 0 Å². The smallest absolute Gasteiger partial charge is 0.258 e. The molecule has 3 N–H and O–H groups in total. The van der Waals surface area contributed by atoms with Crippen LogP contribution >= 0.6 is 0 Å². The van der Waals surface area contributed by atoms with Gasteiger partial charge >= 0.3 is 0 Å². The first kappa shape index (κ1) is 19.9. The van der Waals surface area contributed by atoms with Crippen LogP contribution < -0.4 is 0 Å². The monoisotopic (exact) mass is 426 g/mol. The van der Waals surface area contributed by atoms with Gasteiger partial charge in [-0.1, -0.05) is 23.8 Å². The van der Waals surface area contributed by atoms with Crippen LogP contribution in [-0.2, 0) is 19.2 Å². The first-order chi connectivity index (χ1) is 14.6. The van der Waals surface area contributed by atoms with E-state index in [1.807, 2.05) is 6.08 Å². The molecule has 5 rings (SSSR count). The van der Waals surface area contributed by atoms with Crippen molar-refractivity contribution in [2.24, 2.45) is 29.6 Å². The maximum atomic E-state index is 12.9. The number of fused-ring (bicyclic) bond motifs is 4. The highest BCUT2D eigenvalue weighted by molar-refractivity contribution is 6.06. The normalized spacial score (nSPS) is 34.6.